The highest BCUT2D eigenvalue weighted by Crippen LogP contribution is 2.09. The quantitative estimate of drug-likeness (QED) is 0.473. The van der Waals surface area contributed by atoms with Gasteiger partial charge in [0.25, 0.3) is 0 Å². The lowest BCUT2D eigenvalue weighted by molar-refractivity contribution is -0.119. The summed E-state index contributed by atoms with van der Waals surface area (Å²) in [5.74, 6) is -0.505. The van der Waals surface area contributed by atoms with Crippen LogP contribution in [-0.4, -0.2) is 35.7 Å². The predicted molar refractivity (Wildman–Crippen MR) is 56.1 cm³/mol. The highest BCUT2D eigenvalue weighted by molar-refractivity contribution is 5.94. The number of rotatable bonds is 6. The van der Waals surface area contributed by atoms with Crippen LogP contribution in [-0.2, 0) is 4.79 Å². The monoisotopic (exact) mass is 217 g/mol. The Morgan fingerprint density at radius 2 is 2.07 bits per heavy atom. The molecule has 3 amide bonds. The number of carbonyl (C=O) groups excluding carboxylic acids is 2. The van der Waals surface area contributed by atoms with E-state index in [2.05, 4.69) is 5.32 Å². The molecule has 0 aromatic rings. The third kappa shape index (κ3) is 7.90. The van der Waals surface area contributed by atoms with Gasteiger partial charge in [-0.1, -0.05) is 13.3 Å². The summed E-state index contributed by atoms with van der Waals surface area (Å²) in [7, 11) is 0. The molecule has 6 heteroatoms. The average Bonchev–Trinajstić information content (AvgIpc) is 2.01. The summed E-state index contributed by atoms with van der Waals surface area (Å²) >= 11 is 0. The molecule has 0 fully saturated rings. The summed E-state index contributed by atoms with van der Waals surface area (Å²) in [5, 5.41) is 14.4. The molecule has 0 aromatic heterocycles. The normalized spacial score (nSPS) is 14.3. The maximum Gasteiger partial charge on any atom is 0.318 e. The van der Waals surface area contributed by atoms with Crippen molar-refractivity contribution in [3.05, 3.63) is 0 Å². The first-order chi connectivity index (χ1) is 6.87. The molecule has 0 aliphatic heterocycles. The fourth-order valence-corrected chi connectivity index (χ4v) is 1.25. The average molecular weight is 217 g/mol. The zero-order chi connectivity index (χ0) is 11.9. The van der Waals surface area contributed by atoms with E-state index in [1.807, 2.05) is 12.2 Å². The van der Waals surface area contributed by atoms with Crippen molar-refractivity contribution in [2.24, 2.45) is 5.73 Å². The predicted octanol–water partition coefficient (Wildman–Crippen LogP) is -0.678. The van der Waals surface area contributed by atoms with Gasteiger partial charge in [-0.25, -0.2) is 4.79 Å². The van der Waals surface area contributed by atoms with Crippen molar-refractivity contribution >= 4 is 11.9 Å². The van der Waals surface area contributed by atoms with Crippen LogP contribution in [0.3, 0.4) is 0 Å². The van der Waals surface area contributed by atoms with Gasteiger partial charge in [0.1, 0.15) is 0 Å². The van der Waals surface area contributed by atoms with E-state index in [0.717, 1.165) is 6.42 Å². The van der Waals surface area contributed by atoms with Crippen molar-refractivity contribution in [1.29, 1.82) is 0 Å². The highest BCUT2D eigenvalue weighted by atomic mass is 16.3. The van der Waals surface area contributed by atoms with Crippen LogP contribution in [0.4, 0.5) is 4.79 Å². The molecule has 0 heterocycles. The number of nitrogens with one attached hydrogen (secondary N) is 2. The van der Waals surface area contributed by atoms with Gasteiger partial charge in [-0.05, 0) is 13.3 Å². The lowest BCUT2D eigenvalue weighted by Gasteiger charge is -2.22. The molecular formula is C9H19N3O3. The fraction of sp³-hybridized carbons (Fsp3) is 0.778. The Morgan fingerprint density at radius 1 is 1.47 bits per heavy atom. The summed E-state index contributed by atoms with van der Waals surface area (Å²) < 4.78 is 0. The van der Waals surface area contributed by atoms with Gasteiger partial charge >= 0.3 is 6.03 Å². The maximum absolute atomic E-state index is 10.9. The number of aliphatic hydroxyl groups is 1. The molecule has 88 valence electrons. The molecule has 5 N–H and O–H groups in total. The van der Waals surface area contributed by atoms with Gasteiger partial charge < -0.3 is 16.2 Å². The van der Waals surface area contributed by atoms with E-state index in [1.165, 1.54) is 0 Å². The first kappa shape index (κ1) is 13.9. The Bertz CT molecular complexity index is 229. The minimum absolute atomic E-state index is 0.0389. The van der Waals surface area contributed by atoms with Crippen LogP contribution in [0.5, 0.6) is 0 Å². The summed E-state index contributed by atoms with van der Waals surface area (Å²) in [5.41, 5.74) is 3.92. The zero-order valence-electron chi connectivity index (χ0n) is 9.17. The molecule has 15 heavy (non-hydrogen) atoms. The number of carbonyl (C=O) groups is 2. The SMILES string of the molecule is CCCC(C)(O)CNCC(=O)NC(N)=O. The summed E-state index contributed by atoms with van der Waals surface area (Å²) in [4.78, 5) is 21.2. The first-order valence-electron chi connectivity index (χ1n) is 4.90. The number of nitrogens with two attached hydrogens (primary N) is 1. The molecule has 0 aromatic carbocycles. The van der Waals surface area contributed by atoms with Gasteiger partial charge in [0.2, 0.25) is 5.91 Å². The van der Waals surface area contributed by atoms with Gasteiger partial charge in [-0.15, -0.1) is 0 Å². The Morgan fingerprint density at radius 3 is 2.53 bits per heavy atom. The van der Waals surface area contributed by atoms with Crippen molar-refractivity contribution in [3.63, 3.8) is 0 Å². The van der Waals surface area contributed by atoms with Crippen molar-refractivity contribution in [1.82, 2.24) is 10.6 Å². The molecule has 0 bridgehead atoms. The maximum atomic E-state index is 10.9. The fourth-order valence-electron chi connectivity index (χ4n) is 1.25. The highest BCUT2D eigenvalue weighted by Gasteiger charge is 2.18. The summed E-state index contributed by atoms with van der Waals surface area (Å²) in [6.07, 6.45) is 1.51. The molecule has 0 aliphatic carbocycles. The van der Waals surface area contributed by atoms with Crippen molar-refractivity contribution < 1.29 is 14.7 Å². The number of hydrogen-bond acceptors (Lipinski definition) is 4. The van der Waals surface area contributed by atoms with Crippen LogP contribution in [0, 0.1) is 0 Å². The molecule has 0 saturated carbocycles. The van der Waals surface area contributed by atoms with E-state index >= 15 is 0 Å². The van der Waals surface area contributed by atoms with Crippen LogP contribution >= 0.6 is 0 Å². The largest absolute Gasteiger partial charge is 0.389 e. The number of amides is 3. The van der Waals surface area contributed by atoms with Crippen molar-refractivity contribution in [2.75, 3.05) is 13.1 Å². The zero-order valence-corrected chi connectivity index (χ0v) is 9.17. The molecule has 0 spiro atoms. The molecule has 1 atom stereocenters. The third-order valence-corrected chi connectivity index (χ3v) is 1.84. The second-order valence-electron chi connectivity index (χ2n) is 3.76. The third-order valence-electron chi connectivity index (χ3n) is 1.84. The molecule has 0 aliphatic rings. The van der Waals surface area contributed by atoms with E-state index in [1.54, 1.807) is 6.92 Å². The molecular weight excluding hydrogens is 198 g/mol. The van der Waals surface area contributed by atoms with Gasteiger partial charge in [0.15, 0.2) is 0 Å². The number of imide groups is 1. The van der Waals surface area contributed by atoms with Crippen LogP contribution in [0.15, 0.2) is 0 Å². The van der Waals surface area contributed by atoms with E-state index in [9.17, 15) is 14.7 Å². The first-order valence-corrected chi connectivity index (χ1v) is 4.90. The van der Waals surface area contributed by atoms with Crippen LogP contribution in [0.2, 0.25) is 0 Å². The molecule has 0 rings (SSSR count). The molecule has 0 radical (unpaired) electrons. The lowest BCUT2D eigenvalue weighted by atomic mass is 10.0. The Kier molecular flexibility index (Phi) is 5.88. The Hall–Kier alpha value is -1.14. The van der Waals surface area contributed by atoms with E-state index in [0.29, 0.717) is 13.0 Å². The second kappa shape index (κ2) is 6.36. The molecule has 1 unspecified atom stereocenters. The van der Waals surface area contributed by atoms with Gasteiger partial charge in [-0.2, -0.15) is 0 Å². The van der Waals surface area contributed by atoms with Gasteiger partial charge in [0, 0.05) is 6.54 Å². The summed E-state index contributed by atoms with van der Waals surface area (Å²) in [6, 6.07) is -0.873. The Balaban J connectivity index is 3.69. The summed E-state index contributed by atoms with van der Waals surface area (Å²) in [6.45, 7) is 3.92. The molecule has 0 saturated heterocycles. The van der Waals surface area contributed by atoms with Gasteiger partial charge in [-0.3, -0.25) is 10.1 Å². The Labute approximate surface area is 89.2 Å². The second-order valence-corrected chi connectivity index (χ2v) is 3.76. The lowest BCUT2D eigenvalue weighted by Crippen LogP contribution is -2.44. The van der Waals surface area contributed by atoms with Crippen molar-refractivity contribution in [2.45, 2.75) is 32.3 Å². The molecule has 6 nitrogen and oxygen atoms in total. The minimum Gasteiger partial charge on any atom is -0.389 e. The van der Waals surface area contributed by atoms with Crippen LogP contribution < -0.4 is 16.4 Å². The minimum atomic E-state index is -0.873. The standard InChI is InChI=1S/C9H19N3O3/c1-3-4-9(2,15)6-11-5-7(13)12-8(10)14/h11,15H,3-6H2,1-2H3,(H3,10,12,13,14). The van der Waals surface area contributed by atoms with Crippen molar-refractivity contribution in [3.8, 4) is 0 Å². The number of hydrogen-bond donors (Lipinski definition) is 4. The number of primary amides is 1. The van der Waals surface area contributed by atoms with Crippen LogP contribution in [0.1, 0.15) is 26.7 Å². The number of urea groups is 1. The smallest absolute Gasteiger partial charge is 0.318 e. The van der Waals surface area contributed by atoms with Crippen LogP contribution in [0.25, 0.3) is 0 Å². The topological polar surface area (TPSA) is 104 Å². The van der Waals surface area contributed by atoms with Gasteiger partial charge in [0.05, 0.1) is 12.1 Å². The van der Waals surface area contributed by atoms with E-state index in [4.69, 9.17) is 5.73 Å². The van der Waals surface area contributed by atoms with E-state index in [-0.39, 0.29) is 6.54 Å². The van der Waals surface area contributed by atoms with E-state index < -0.39 is 17.5 Å².